The Bertz CT molecular complexity index is 643. The molecule has 19 heavy (non-hydrogen) atoms. The minimum atomic E-state index is -0.612. The van der Waals surface area contributed by atoms with Crippen LogP contribution in [0.3, 0.4) is 0 Å². The van der Waals surface area contributed by atoms with Gasteiger partial charge < -0.3 is 4.74 Å². The van der Waals surface area contributed by atoms with Crippen molar-refractivity contribution in [2.75, 3.05) is 7.11 Å². The van der Waals surface area contributed by atoms with E-state index in [0.29, 0.717) is 16.3 Å². The molecule has 0 atom stereocenters. The lowest BCUT2D eigenvalue weighted by molar-refractivity contribution is 0.103. The van der Waals surface area contributed by atoms with Crippen LogP contribution in [-0.4, -0.2) is 12.9 Å². The molecule has 0 amide bonds. The summed E-state index contributed by atoms with van der Waals surface area (Å²) >= 11 is 8.02. The summed E-state index contributed by atoms with van der Waals surface area (Å²) in [5.74, 6) is -0.646. The van der Waals surface area contributed by atoms with Crippen LogP contribution in [0.1, 0.15) is 15.9 Å². The van der Waals surface area contributed by atoms with Crippen LogP contribution in [0.2, 0.25) is 5.02 Å². The van der Waals surface area contributed by atoms with Crippen LogP contribution < -0.4 is 4.74 Å². The SMILES string of the molecule is COc1ccc(C(=O)c2ccc(I)c(Cl)c2)c(F)c1. The van der Waals surface area contributed by atoms with E-state index in [9.17, 15) is 9.18 Å². The Hall–Kier alpha value is -1.14. The van der Waals surface area contributed by atoms with Crippen molar-refractivity contribution in [3.8, 4) is 5.75 Å². The van der Waals surface area contributed by atoms with Gasteiger partial charge >= 0.3 is 0 Å². The van der Waals surface area contributed by atoms with Crippen LogP contribution in [0.25, 0.3) is 0 Å². The first kappa shape index (κ1) is 14.3. The molecular weight excluding hydrogens is 382 g/mol. The maximum Gasteiger partial charge on any atom is 0.196 e. The number of methoxy groups -OCH3 is 1. The van der Waals surface area contributed by atoms with Gasteiger partial charge in [-0.2, -0.15) is 0 Å². The first-order chi connectivity index (χ1) is 9.02. The summed E-state index contributed by atoms with van der Waals surface area (Å²) in [4.78, 5) is 12.2. The average molecular weight is 391 g/mol. The Morgan fingerprint density at radius 3 is 2.58 bits per heavy atom. The second kappa shape index (κ2) is 5.88. The molecule has 2 aromatic carbocycles. The highest BCUT2D eigenvalue weighted by Crippen LogP contribution is 2.23. The third-order valence-electron chi connectivity index (χ3n) is 2.60. The quantitative estimate of drug-likeness (QED) is 0.576. The average Bonchev–Trinajstić information content (AvgIpc) is 2.41. The van der Waals surface area contributed by atoms with E-state index in [0.717, 1.165) is 3.57 Å². The largest absolute Gasteiger partial charge is 0.497 e. The number of rotatable bonds is 3. The molecule has 5 heteroatoms. The van der Waals surface area contributed by atoms with Gasteiger partial charge in [0.15, 0.2) is 5.78 Å². The van der Waals surface area contributed by atoms with Gasteiger partial charge in [-0.15, -0.1) is 0 Å². The van der Waals surface area contributed by atoms with Crippen molar-refractivity contribution < 1.29 is 13.9 Å². The fourth-order valence-corrected chi connectivity index (χ4v) is 2.12. The van der Waals surface area contributed by atoms with E-state index in [1.54, 1.807) is 18.2 Å². The van der Waals surface area contributed by atoms with Gasteiger partial charge in [-0.3, -0.25) is 4.79 Å². The number of carbonyl (C=O) groups excluding carboxylic acids is 1. The van der Waals surface area contributed by atoms with Crippen molar-refractivity contribution in [3.63, 3.8) is 0 Å². The molecule has 0 fully saturated rings. The molecule has 0 bridgehead atoms. The van der Waals surface area contributed by atoms with Gasteiger partial charge in [-0.25, -0.2) is 4.39 Å². The minimum Gasteiger partial charge on any atom is -0.497 e. The molecule has 98 valence electrons. The first-order valence-electron chi connectivity index (χ1n) is 5.36. The Balaban J connectivity index is 2.41. The zero-order valence-electron chi connectivity index (χ0n) is 9.91. The predicted molar refractivity (Wildman–Crippen MR) is 80.6 cm³/mol. The Morgan fingerprint density at radius 1 is 1.26 bits per heavy atom. The lowest BCUT2D eigenvalue weighted by atomic mass is 10.0. The van der Waals surface area contributed by atoms with Crippen molar-refractivity contribution >= 4 is 40.0 Å². The number of hydrogen-bond acceptors (Lipinski definition) is 2. The zero-order valence-corrected chi connectivity index (χ0v) is 12.8. The smallest absolute Gasteiger partial charge is 0.196 e. The molecule has 0 aliphatic carbocycles. The molecule has 0 aromatic heterocycles. The number of carbonyl (C=O) groups is 1. The summed E-state index contributed by atoms with van der Waals surface area (Å²) in [6, 6.07) is 9.01. The fraction of sp³-hybridized carbons (Fsp3) is 0.0714. The van der Waals surface area contributed by atoms with E-state index in [-0.39, 0.29) is 5.56 Å². The van der Waals surface area contributed by atoms with Gasteiger partial charge in [0.1, 0.15) is 11.6 Å². The molecule has 2 rings (SSSR count). The first-order valence-corrected chi connectivity index (χ1v) is 6.82. The normalized spacial score (nSPS) is 10.3. The van der Waals surface area contributed by atoms with Crippen molar-refractivity contribution in [1.29, 1.82) is 0 Å². The third-order valence-corrected chi connectivity index (χ3v) is 4.17. The van der Waals surface area contributed by atoms with Gasteiger partial charge in [0.05, 0.1) is 17.7 Å². The predicted octanol–water partition coefficient (Wildman–Crippen LogP) is 4.32. The van der Waals surface area contributed by atoms with Gasteiger partial charge in [0.2, 0.25) is 0 Å². The summed E-state index contributed by atoms with van der Waals surface area (Å²) in [5.41, 5.74) is 0.354. The second-order valence-corrected chi connectivity index (χ2v) is 5.37. The lowest BCUT2D eigenvalue weighted by Gasteiger charge is -2.06. The number of ketones is 1. The highest BCUT2D eigenvalue weighted by atomic mass is 127. The fourth-order valence-electron chi connectivity index (χ4n) is 1.60. The topological polar surface area (TPSA) is 26.3 Å². The number of hydrogen-bond donors (Lipinski definition) is 0. The molecule has 0 unspecified atom stereocenters. The molecular formula is C14H9ClFIO2. The van der Waals surface area contributed by atoms with Crippen molar-refractivity contribution in [3.05, 3.63) is 61.9 Å². The number of ether oxygens (including phenoxy) is 1. The van der Waals surface area contributed by atoms with Gasteiger partial charge in [-0.05, 0) is 52.9 Å². The van der Waals surface area contributed by atoms with Crippen molar-refractivity contribution in [2.24, 2.45) is 0 Å². The van der Waals surface area contributed by atoms with E-state index < -0.39 is 11.6 Å². The summed E-state index contributed by atoms with van der Waals surface area (Å²) in [5, 5.41) is 0.473. The number of halogens is 3. The van der Waals surface area contributed by atoms with Crippen molar-refractivity contribution in [1.82, 2.24) is 0 Å². The summed E-state index contributed by atoms with van der Waals surface area (Å²) in [7, 11) is 1.44. The van der Waals surface area contributed by atoms with Crippen LogP contribution in [0.4, 0.5) is 4.39 Å². The monoisotopic (exact) mass is 390 g/mol. The van der Waals surface area contributed by atoms with Crippen LogP contribution in [0.15, 0.2) is 36.4 Å². The van der Waals surface area contributed by atoms with Crippen molar-refractivity contribution in [2.45, 2.75) is 0 Å². The summed E-state index contributed by atoms with van der Waals surface area (Å²) in [6.45, 7) is 0. The number of benzene rings is 2. The Morgan fingerprint density at radius 2 is 2.00 bits per heavy atom. The highest BCUT2D eigenvalue weighted by Gasteiger charge is 2.15. The molecule has 0 heterocycles. The molecule has 0 saturated heterocycles. The van der Waals surface area contributed by atoms with Crippen LogP contribution >= 0.6 is 34.2 Å². The molecule has 0 spiro atoms. The maximum absolute atomic E-state index is 13.8. The van der Waals surface area contributed by atoms with Gasteiger partial charge in [0.25, 0.3) is 0 Å². The Labute approximate surface area is 128 Å². The minimum absolute atomic E-state index is 0.00178. The lowest BCUT2D eigenvalue weighted by Crippen LogP contribution is -2.04. The van der Waals surface area contributed by atoms with Gasteiger partial charge in [-0.1, -0.05) is 11.6 Å². The van der Waals surface area contributed by atoms with E-state index >= 15 is 0 Å². The van der Waals surface area contributed by atoms with Crippen LogP contribution in [0.5, 0.6) is 5.75 Å². The maximum atomic E-state index is 13.8. The van der Waals surface area contributed by atoms with Crippen LogP contribution in [-0.2, 0) is 0 Å². The van der Waals surface area contributed by atoms with Crippen LogP contribution in [0, 0.1) is 9.39 Å². The molecule has 0 radical (unpaired) electrons. The zero-order chi connectivity index (χ0) is 14.0. The van der Waals surface area contributed by atoms with E-state index in [1.807, 2.05) is 0 Å². The molecule has 0 aliphatic rings. The highest BCUT2D eigenvalue weighted by molar-refractivity contribution is 14.1. The van der Waals surface area contributed by atoms with E-state index in [1.165, 1.54) is 25.3 Å². The van der Waals surface area contributed by atoms with Gasteiger partial charge in [0, 0.05) is 15.2 Å². The molecule has 0 aliphatic heterocycles. The van der Waals surface area contributed by atoms with E-state index in [4.69, 9.17) is 16.3 Å². The molecule has 0 N–H and O–H groups in total. The second-order valence-electron chi connectivity index (χ2n) is 3.80. The molecule has 2 aromatic rings. The standard InChI is InChI=1S/C14H9ClFIO2/c1-19-9-3-4-10(12(16)7-9)14(18)8-2-5-13(17)11(15)6-8/h2-7H,1H3. The molecule has 0 saturated carbocycles. The molecule has 2 nitrogen and oxygen atoms in total. The summed E-state index contributed by atoms with van der Waals surface area (Å²) < 4.78 is 19.6. The van der Waals surface area contributed by atoms with E-state index in [2.05, 4.69) is 22.6 Å². The Kier molecular flexibility index (Phi) is 4.42. The summed E-state index contributed by atoms with van der Waals surface area (Å²) in [6.07, 6.45) is 0. The third kappa shape index (κ3) is 3.06.